The van der Waals surface area contributed by atoms with E-state index in [4.69, 9.17) is 11.1 Å². The van der Waals surface area contributed by atoms with Crippen molar-refractivity contribution in [3.63, 3.8) is 0 Å². The maximum atomic E-state index is 14.2. The van der Waals surface area contributed by atoms with Crippen LogP contribution in [0.5, 0.6) is 0 Å². The van der Waals surface area contributed by atoms with Crippen LogP contribution in [0.4, 0.5) is 0 Å². The number of benzene rings is 1. The van der Waals surface area contributed by atoms with E-state index in [2.05, 4.69) is 31.6 Å². The fraction of sp³-hybridized carbons (Fsp3) is 0.568. The van der Waals surface area contributed by atoms with Crippen LogP contribution in [0.1, 0.15) is 70.8 Å². The molecule has 6 amide bonds. The van der Waals surface area contributed by atoms with E-state index in [9.17, 15) is 38.7 Å². The molecule has 6 atom stereocenters. The number of rotatable bonds is 10. The molecule has 18 heteroatoms. The van der Waals surface area contributed by atoms with Gasteiger partial charge in [-0.25, -0.2) is 0 Å². The molecular weight excluding hydrogens is 712 g/mol. The molecule has 55 heavy (non-hydrogen) atoms. The van der Waals surface area contributed by atoms with Gasteiger partial charge in [-0.2, -0.15) is 0 Å². The van der Waals surface area contributed by atoms with Crippen LogP contribution in [0, 0.1) is 11.3 Å². The molecule has 0 aliphatic carbocycles. The largest absolute Gasteiger partial charge is 0.481 e. The molecule has 298 valence electrons. The smallest absolute Gasteiger partial charge is 0.303 e. The summed E-state index contributed by atoms with van der Waals surface area (Å²) in [6.45, 7) is 4.04. The van der Waals surface area contributed by atoms with Gasteiger partial charge in [-0.1, -0.05) is 32.0 Å². The number of carbonyl (C=O) groups excluding carboxylic acids is 6. The number of carbonyl (C=O) groups is 7. The molecule has 0 radical (unpaired) electrons. The molecule has 10 N–H and O–H groups in total. The average molecular weight is 765 g/mol. The van der Waals surface area contributed by atoms with Gasteiger partial charge in [0.2, 0.25) is 35.4 Å². The zero-order valence-corrected chi connectivity index (χ0v) is 31.2. The third kappa shape index (κ3) is 9.90. The summed E-state index contributed by atoms with van der Waals surface area (Å²) >= 11 is 0. The van der Waals surface area contributed by atoms with E-state index < -0.39 is 90.0 Å². The van der Waals surface area contributed by atoms with E-state index in [1.54, 1.807) is 20.0 Å². The zero-order chi connectivity index (χ0) is 39.8. The number of guanidine groups is 1. The molecule has 3 fully saturated rings. The van der Waals surface area contributed by atoms with Crippen LogP contribution in [0.25, 0.3) is 10.9 Å². The molecule has 3 saturated heterocycles. The van der Waals surface area contributed by atoms with Gasteiger partial charge in [-0.3, -0.25) is 39.0 Å². The lowest BCUT2D eigenvalue weighted by Gasteiger charge is -2.34. The molecule has 5 rings (SSSR count). The van der Waals surface area contributed by atoms with Gasteiger partial charge < -0.3 is 52.2 Å². The van der Waals surface area contributed by atoms with Crippen molar-refractivity contribution in [2.24, 2.45) is 11.7 Å². The van der Waals surface area contributed by atoms with Gasteiger partial charge in [-0.05, 0) is 62.5 Å². The van der Waals surface area contributed by atoms with E-state index >= 15 is 0 Å². The Morgan fingerprint density at radius 1 is 0.855 bits per heavy atom. The first-order chi connectivity index (χ1) is 26.2. The van der Waals surface area contributed by atoms with E-state index in [1.807, 2.05) is 24.3 Å². The van der Waals surface area contributed by atoms with Gasteiger partial charge in [0.1, 0.15) is 36.3 Å². The summed E-state index contributed by atoms with van der Waals surface area (Å²) in [7, 11) is 0. The lowest BCUT2D eigenvalue weighted by molar-refractivity contribution is -0.148. The highest BCUT2D eigenvalue weighted by atomic mass is 16.4. The number of fused-ring (bicyclic) bond motifs is 3. The first-order valence-corrected chi connectivity index (χ1v) is 18.9. The minimum Gasteiger partial charge on any atom is -0.481 e. The Balaban J connectivity index is 1.52. The van der Waals surface area contributed by atoms with E-state index in [0.717, 1.165) is 16.5 Å². The van der Waals surface area contributed by atoms with E-state index in [1.165, 1.54) is 9.80 Å². The number of carboxylic acids is 1. The number of nitrogens with two attached hydrogens (primary N) is 1. The fourth-order valence-corrected chi connectivity index (χ4v) is 7.63. The lowest BCUT2D eigenvalue weighted by atomic mass is 9.99. The van der Waals surface area contributed by atoms with Crippen LogP contribution in [0.15, 0.2) is 30.5 Å². The number of aliphatic carboxylic acids is 1. The summed E-state index contributed by atoms with van der Waals surface area (Å²) in [5, 5.41) is 31.5. The molecule has 3 aliphatic heterocycles. The number of H-pyrrole nitrogens is 1. The number of para-hydroxylation sites is 1. The molecule has 4 heterocycles. The molecule has 6 unspecified atom stereocenters. The third-order valence-corrected chi connectivity index (χ3v) is 10.5. The predicted molar refractivity (Wildman–Crippen MR) is 200 cm³/mol. The van der Waals surface area contributed by atoms with Crippen LogP contribution >= 0.6 is 0 Å². The van der Waals surface area contributed by atoms with Gasteiger partial charge in [0.15, 0.2) is 5.96 Å². The summed E-state index contributed by atoms with van der Waals surface area (Å²) in [6, 6.07) is 0.716. The second-order valence-electron chi connectivity index (χ2n) is 14.8. The maximum Gasteiger partial charge on any atom is 0.303 e. The number of carboxylic acid groups (broad SMARTS) is 1. The maximum absolute atomic E-state index is 14.2. The van der Waals surface area contributed by atoms with Crippen molar-refractivity contribution in [2.45, 2.75) is 108 Å². The molecule has 0 saturated carbocycles. The first kappa shape index (κ1) is 40.5. The monoisotopic (exact) mass is 764 g/mol. The van der Waals surface area contributed by atoms with Crippen LogP contribution < -0.4 is 32.3 Å². The minimum atomic E-state index is -1.34. The van der Waals surface area contributed by atoms with Crippen LogP contribution in [-0.4, -0.2) is 123 Å². The second kappa shape index (κ2) is 18.1. The highest BCUT2D eigenvalue weighted by molar-refractivity contribution is 5.99. The number of amides is 6. The Kier molecular flexibility index (Phi) is 13.3. The molecule has 0 spiro atoms. The molecule has 18 nitrogen and oxygen atoms in total. The lowest BCUT2D eigenvalue weighted by Crippen LogP contribution is -2.62. The summed E-state index contributed by atoms with van der Waals surface area (Å²) in [5.74, 6) is -5.68. The minimum absolute atomic E-state index is 0.0247. The average Bonchev–Trinajstić information content (AvgIpc) is 3.92. The van der Waals surface area contributed by atoms with E-state index in [-0.39, 0.29) is 51.3 Å². The van der Waals surface area contributed by atoms with Gasteiger partial charge in [0, 0.05) is 49.6 Å². The normalized spacial score (nSPS) is 25.7. The number of aromatic amines is 1. The fourth-order valence-electron chi connectivity index (χ4n) is 7.63. The Morgan fingerprint density at radius 2 is 1.49 bits per heavy atom. The van der Waals surface area contributed by atoms with Gasteiger partial charge in [-0.15, -0.1) is 0 Å². The summed E-state index contributed by atoms with van der Waals surface area (Å²) in [4.78, 5) is 102. The van der Waals surface area contributed by atoms with Crippen molar-refractivity contribution in [2.75, 3.05) is 19.6 Å². The molecule has 1 aromatic carbocycles. The number of nitrogens with zero attached hydrogens (tertiary/aromatic N) is 2. The standard InChI is InChI=1S/C37H52N10O8/c1-20(2)30-34(53)42-24(10-5-15-40-37(38)39)31(50)43-25(13-14-29(48)49)35(54)47-17-7-12-28(47)36(55)46-16-6-11-27(46)33(52)44-26(32(51)45-30)18-21-19-41-23-9-4-3-8-22(21)23/h3-4,8-9,19-20,24-28,30,41H,5-7,10-18H2,1-2H3,(H,42,53)(H,43,50)(H,44,52)(H,45,51)(H,48,49)(H4,38,39,40). The highest BCUT2D eigenvalue weighted by Gasteiger charge is 2.45. The summed E-state index contributed by atoms with van der Waals surface area (Å²) in [5.41, 5.74) is 6.99. The first-order valence-electron chi connectivity index (χ1n) is 18.9. The van der Waals surface area contributed by atoms with Crippen molar-refractivity contribution < 1.29 is 38.7 Å². The molecule has 2 aromatic rings. The van der Waals surface area contributed by atoms with Crippen molar-refractivity contribution in [1.29, 1.82) is 5.41 Å². The van der Waals surface area contributed by atoms with Crippen molar-refractivity contribution >= 4 is 58.3 Å². The summed E-state index contributed by atoms with van der Waals surface area (Å²) in [6.07, 6.45) is 2.98. The third-order valence-electron chi connectivity index (χ3n) is 10.5. The SMILES string of the molecule is CC(C)C1NC(=O)C(Cc2c[nH]c3ccccc23)NC(=O)C2CCCN2C(=O)C2CCCN2C(=O)C(CCC(=O)O)NC(=O)C(CCCNC(=N)N)NC1=O. The van der Waals surface area contributed by atoms with Crippen molar-refractivity contribution in [1.82, 2.24) is 41.4 Å². The summed E-state index contributed by atoms with van der Waals surface area (Å²) < 4.78 is 0. The predicted octanol–water partition coefficient (Wildman–Crippen LogP) is -0.571. The van der Waals surface area contributed by atoms with Crippen LogP contribution in [0.3, 0.4) is 0 Å². The van der Waals surface area contributed by atoms with Crippen LogP contribution in [0.2, 0.25) is 0 Å². The van der Waals surface area contributed by atoms with Crippen molar-refractivity contribution in [3.8, 4) is 0 Å². The van der Waals surface area contributed by atoms with Gasteiger partial charge in [0.05, 0.1) is 0 Å². The van der Waals surface area contributed by atoms with Gasteiger partial charge >= 0.3 is 5.97 Å². The number of nitrogens with one attached hydrogen (secondary N) is 7. The quantitative estimate of drug-likeness (QED) is 0.0845. The topological polar surface area (TPSA) is 272 Å². The molecular formula is C37H52N10O8. The Bertz CT molecular complexity index is 1800. The number of hydrogen-bond donors (Lipinski definition) is 9. The number of hydrogen-bond acceptors (Lipinski definition) is 8. The molecule has 0 bridgehead atoms. The highest BCUT2D eigenvalue weighted by Crippen LogP contribution is 2.27. The zero-order valence-electron chi connectivity index (χ0n) is 31.2. The molecule has 3 aliphatic rings. The Hall–Kier alpha value is -5.68. The van der Waals surface area contributed by atoms with Crippen LogP contribution in [-0.2, 0) is 40.0 Å². The van der Waals surface area contributed by atoms with E-state index in [0.29, 0.717) is 25.7 Å². The number of aromatic nitrogens is 1. The van der Waals surface area contributed by atoms with Crippen molar-refractivity contribution in [3.05, 3.63) is 36.0 Å². The Morgan fingerprint density at radius 3 is 2.18 bits per heavy atom. The Labute approximate surface area is 318 Å². The molecule has 1 aromatic heterocycles. The second-order valence-corrected chi connectivity index (χ2v) is 14.8. The van der Waals surface area contributed by atoms with Gasteiger partial charge in [0.25, 0.3) is 0 Å².